The van der Waals surface area contributed by atoms with Crippen LogP contribution >= 0.6 is 0 Å². The van der Waals surface area contributed by atoms with Crippen LogP contribution in [0.4, 0.5) is 0 Å². The molecule has 2 heterocycles. The van der Waals surface area contributed by atoms with Crippen LogP contribution < -0.4 is 0 Å². The Balaban J connectivity index is 1.73. The zero-order valence-corrected chi connectivity index (χ0v) is 16.3. The smallest absolute Gasteiger partial charge is 0.336 e. The van der Waals surface area contributed by atoms with Crippen LogP contribution in [-0.4, -0.2) is 44.3 Å². The molecule has 30 heavy (non-hydrogen) atoms. The lowest BCUT2D eigenvalue weighted by Gasteiger charge is -2.27. The lowest BCUT2D eigenvalue weighted by atomic mass is 9.92. The molecular weight excluding hydrogens is 384 g/mol. The molecule has 3 N–H and O–H groups in total. The fourth-order valence-corrected chi connectivity index (χ4v) is 4.08. The summed E-state index contributed by atoms with van der Waals surface area (Å²) >= 11 is 0. The van der Waals surface area contributed by atoms with Crippen LogP contribution in [0.3, 0.4) is 0 Å². The molecule has 0 saturated carbocycles. The summed E-state index contributed by atoms with van der Waals surface area (Å²) in [4.78, 5) is 41.4. The van der Waals surface area contributed by atoms with Crippen LogP contribution in [0.1, 0.15) is 34.5 Å². The van der Waals surface area contributed by atoms with Gasteiger partial charge in [0, 0.05) is 23.6 Å². The van der Waals surface area contributed by atoms with Gasteiger partial charge in [0.05, 0.1) is 17.2 Å². The second kappa shape index (κ2) is 7.51. The number of amides is 1. The highest BCUT2D eigenvalue weighted by Gasteiger charge is 2.43. The summed E-state index contributed by atoms with van der Waals surface area (Å²) in [6, 6.07) is 13.0. The summed E-state index contributed by atoms with van der Waals surface area (Å²) in [5.74, 6) is -2.93. The van der Waals surface area contributed by atoms with Gasteiger partial charge < -0.3 is 20.1 Å². The van der Waals surface area contributed by atoms with Gasteiger partial charge in [-0.1, -0.05) is 36.4 Å². The number of benzene rings is 2. The maximum Gasteiger partial charge on any atom is 0.336 e. The number of Topliss-reactive ketones (excluding diaryl/α,β-unsaturated/α-hetero) is 1. The number of hydrogen-bond acceptors (Lipinski definition) is 4. The van der Waals surface area contributed by atoms with E-state index < -0.39 is 29.5 Å². The average molecular weight is 404 g/mol. The maximum atomic E-state index is 12.8. The van der Waals surface area contributed by atoms with Gasteiger partial charge >= 0.3 is 5.97 Å². The minimum Gasteiger partial charge on any atom is -0.503 e. The summed E-state index contributed by atoms with van der Waals surface area (Å²) in [5.41, 5.74) is 2.16. The third-order valence-electron chi connectivity index (χ3n) is 5.47. The van der Waals surface area contributed by atoms with Gasteiger partial charge in [0.15, 0.2) is 11.5 Å². The van der Waals surface area contributed by atoms with E-state index >= 15 is 0 Å². The number of aromatic nitrogens is 1. The highest BCUT2D eigenvalue weighted by Crippen LogP contribution is 2.39. The topological polar surface area (TPSA) is 111 Å². The normalized spacial score (nSPS) is 16.5. The van der Waals surface area contributed by atoms with E-state index in [9.17, 15) is 24.6 Å². The zero-order valence-electron chi connectivity index (χ0n) is 16.3. The molecule has 2 aromatic carbocycles. The number of nitrogens with zero attached hydrogens (tertiary/aromatic N) is 1. The van der Waals surface area contributed by atoms with Crippen molar-refractivity contribution in [1.82, 2.24) is 9.88 Å². The Kier molecular flexibility index (Phi) is 4.87. The first kappa shape index (κ1) is 19.4. The zero-order chi connectivity index (χ0) is 21.4. The van der Waals surface area contributed by atoms with Crippen molar-refractivity contribution in [2.75, 3.05) is 6.54 Å². The molecule has 0 aliphatic carbocycles. The number of hydrogen-bond donors (Lipinski definition) is 3. The third kappa shape index (κ3) is 3.14. The second-order valence-corrected chi connectivity index (χ2v) is 7.22. The molecule has 0 spiro atoms. The number of nitrogens with one attached hydrogen (secondary N) is 1. The molecule has 0 radical (unpaired) electrons. The number of aliphatic hydroxyl groups excluding tert-OH is 1. The minimum absolute atomic E-state index is 0.0131. The van der Waals surface area contributed by atoms with Gasteiger partial charge in [-0.3, -0.25) is 9.59 Å². The lowest BCUT2D eigenvalue weighted by molar-refractivity contribution is -0.129. The fourth-order valence-electron chi connectivity index (χ4n) is 4.08. The van der Waals surface area contributed by atoms with Crippen molar-refractivity contribution in [2.45, 2.75) is 19.4 Å². The third-order valence-corrected chi connectivity index (χ3v) is 5.47. The monoisotopic (exact) mass is 404 g/mol. The van der Waals surface area contributed by atoms with Crippen LogP contribution in [0, 0.1) is 0 Å². The van der Waals surface area contributed by atoms with Crippen LogP contribution in [0.25, 0.3) is 10.9 Å². The van der Waals surface area contributed by atoms with E-state index in [0.29, 0.717) is 12.0 Å². The first-order valence-corrected chi connectivity index (χ1v) is 9.52. The van der Waals surface area contributed by atoms with E-state index in [1.165, 1.54) is 17.9 Å². The standard InChI is InChI=1S/C23H20N2O5/c1-13(26)19-20(16-7-2-3-8-17(16)23(29)30)25(22(28)21(19)27)11-10-14-12-24-18-9-5-4-6-15(14)18/h2-9,12,20,24,27H,10-11H2,1H3,(H,29,30). The Hall–Kier alpha value is -3.87. The van der Waals surface area contributed by atoms with Gasteiger partial charge in [-0.05, 0) is 36.6 Å². The SMILES string of the molecule is CC(=O)C1=C(O)C(=O)N(CCc2c[nH]c3ccccc23)C1c1ccccc1C(=O)O. The summed E-state index contributed by atoms with van der Waals surface area (Å²) in [5, 5.41) is 21.0. The number of rotatable bonds is 6. The summed E-state index contributed by atoms with van der Waals surface area (Å²) < 4.78 is 0. The van der Waals surface area contributed by atoms with Crippen molar-refractivity contribution in [1.29, 1.82) is 0 Å². The number of aromatic carboxylic acids is 1. The first-order valence-electron chi connectivity index (χ1n) is 9.52. The number of carboxylic acid groups (broad SMARTS) is 1. The summed E-state index contributed by atoms with van der Waals surface area (Å²) in [6.45, 7) is 1.47. The lowest BCUT2D eigenvalue weighted by Crippen LogP contribution is -2.33. The van der Waals surface area contributed by atoms with Crippen molar-refractivity contribution < 1.29 is 24.6 Å². The number of ketones is 1. The molecule has 7 heteroatoms. The molecule has 0 saturated heterocycles. The molecule has 0 bridgehead atoms. The summed E-state index contributed by atoms with van der Waals surface area (Å²) in [7, 11) is 0. The number of aromatic amines is 1. The van der Waals surface area contributed by atoms with Crippen LogP contribution in [-0.2, 0) is 16.0 Å². The van der Waals surface area contributed by atoms with Gasteiger partial charge in [-0.25, -0.2) is 4.79 Å². The Morgan fingerprint density at radius 2 is 1.80 bits per heavy atom. The molecule has 1 aromatic heterocycles. The Morgan fingerprint density at radius 3 is 2.53 bits per heavy atom. The number of carbonyl (C=O) groups is 3. The van der Waals surface area contributed by atoms with Gasteiger partial charge in [-0.15, -0.1) is 0 Å². The van der Waals surface area contributed by atoms with Crippen LogP contribution in [0.15, 0.2) is 66.1 Å². The first-order chi connectivity index (χ1) is 14.4. The number of carboxylic acids is 1. The molecule has 0 fully saturated rings. The predicted octanol–water partition coefficient (Wildman–Crippen LogP) is 3.39. The largest absolute Gasteiger partial charge is 0.503 e. The van der Waals surface area contributed by atoms with Crippen molar-refractivity contribution in [3.63, 3.8) is 0 Å². The number of H-pyrrole nitrogens is 1. The van der Waals surface area contributed by atoms with E-state index in [-0.39, 0.29) is 17.7 Å². The van der Waals surface area contributed by atoms with E-state index in [0.717, 1.165) is 16.5 Å². The Labute approximate surface area is 172 Å². The van der Waals surface area contributed by atoms with Crippen molar-refractivity contribution in [3.8, 4) is 0 Å². The highest BCUT2D eigenvalue weighted by molar-refractivity contribution is 6.08. The Morgan fingerprint density at radius 1 is 1.10 bits per heavy atom. The molecule has 7 nitrogen and oxygen atoms in total. The van der Waals surface area contributed by atoms with Crippen molar-refractivity contribution in [2.24, 2.45) is 0 Å². The van der Waals surface area contributed by atoms with E-state index in [1.807, 2.05) is 30.5 Å². The van der Waals surface area contributed by atoms with Crippen LogP contribution in [0.5, 0.6) is 0 Å². The van der Waals surface area contributed by atoms with E-state index in [1.54, 1.807) is 18.2 Å². The molecule has 1 aliphatic heterocycles. The number of para-hydroxylation sites is 1. The van der Waals surface area contributed by atoms with Crippen molar-refractivity contribution in [3.05, 3.63) is 82.8 Å². The molecule has 1 atom stereocenters. The molecule has 3 aromatic rings. The van der Waals surface area contributed by atoms with Gasteiger partial charge in [0.25, 0.3) is 5.91 Å². The molecular formula is C23H20N2O5. The average Bonchev–Trinajstić information content (AvgIpc) is 3.25. The molecule has 152 valence electrons. The molecule has 4 rings (SSSR count). The molecule has 1 unspecified atom stereocenters. The Bertz CT molecular complexity index is 1210. The summed E-state index contributed by atoms with van der Waals surface area (Å²) in [6.07, 6.45) is 2.34. The van der Waals surface area contributed by atoms with Gasteiger partial charge in [0.1, 0.15) is 0 Å². The number of aliphatic hydroxyl groups is 1. The second-order valence-electron chi connectivity index (χ2n) is 7.22. The van der Waals surface area contributed by atoms with E-state index in [4.69, 9.17) is 0 Å². The predicted molar refractivity (Wildman–Crippen MR) is 110 cm³/mol. The highest BCUT2D eigenvalue weighted by atomic mass is 16.4. The minimum atomic E-state index is -1.16. The van der Waals surface area contributed by atoms with Gasteiger partial charge in [0.2, 0.25) is 0 Å². The van der Waals surface area contributed by atoms with Gasteiger partial charge in [-0.2, -0.15) is 0 Å². The number of carbonyl (C=O) groups excluding carboxylic acids is 2. The number of fused-ring (bicyclic) bond motifs is 1. The molecule has 1 aliphatic rings. The molecule has 1 amide bonds. The maximum absolute atomic E-state index is 12.8. The van der Waals surface area contributed by atoms with Crippen molar-refractivity contribution >= 4 is 28.6 Å². The van der Waals surface area contributed by atoms with E-state index in [2.05, 4.69) is 4.98 Å². The quantitative estimate of drug-likeness (QED) is 0.583. The fraction of sp³-hybridized carbons (Fsp3) is 0.174. The van der Waals surface area contributed by atoms with Crippen LogP contribution in [0.2, 0.25) is 0 Å².